The molecule has 72 valence electrons. The molecule has 0 radical (unpaired) electrons. The number of hydrogen-bond acceptors (Lipinski definition) is 2. The maximum atomic E-state index is 5.57. The molecule has 0 saturated carbocycles. The Balaban J connectivity index is 2.20. The minimum absolute atomic E-state index is 0.872. The molecule has 12 heavy (non-hydrogen) atoms. The standard InChI is InChI=1S/C10H21NS/c1-2-3-9-5-7-12-10(8-9)4-6-11/h9-10H,2-8,11H2,1H3. The van der Waals surface area contributed by atoms with Gasteiger partial charge in [0.05, 0.1) is 0 Å². The van der Waals surface area contributed by atoms with E-state index in [9.17, 15) is 0 Å². The molecule has 0 aliphatic carbocycles. The number of thioether (sulfide) groups is 1. The average molecular weight is 187 g/mol. The lowest BCUT2D eigenvalue weighted by Crippen LogP contribution is -2.20. The number of rotatable bonds is 4. The molecular formula is C10H21NS. The quantitative estimate of drug-likeness (QED) is 0.732. The predicted octanol–water partition coefficient (Wildman–Crippen LogP) is 2.65. The van der Waals surface area contributed by atoms with Crippen molar-refractivity contribution in [3.63, 3.8) is 0 Å². The van der Waals surface area contributed by atoms with Crippen LogP contribution < -0.4 is 5.73 Å². The van der Waals surface area contributed by atoms with Crippen molar-refractivity contribution in [1.82, 2.24) is 0 Å². The first-order valence-corrected chi connectivity index (χ1v) is 6.23. The zero-order chi connectivity index (χ0) is 8.81. The van der Waals surface area contributed by atoms with Crippen LogP contribution in [0.5, 0.6) is 0 Å². The van der Waals surface area contributed by atoms with E-state index in [0.29, 0.717) is 0 Å². The van der Waals surface area contributed by atoms with Gasteiger partial charge in [-0.05, 0) is 37.5 Å². The highest BCUT2D eigenvalue weighted by atomic mass is 32.2. The average Bonchev–Trinajstić information content (AvgIpc) is 2.06. The van der Waals surface area contributed by atoms with Gasteiger partial charge in [-0.15, -0.1) is 0 Å². The summed E-state index contributed by atoms with van der Waals surface area (Å²) in [5.41, 5.74) is 5.57. The van der Waals surface area contributed by atoms with Gasteiger partial charge in [0, 0.05) is 5.25 Å². The van der Waals surface area contributed by atoms with Crippen LogP contribution in [0.3, 0.4) is 0 Å². The van der Waals surface area contributed by atoms with Gasteiger partial charge in [-0.2, -0.15) is 11.8 Å². The number of nitrogens with two attached hydrogens (primary N) is 1. The summed E-state index contributed by atoms with van der Waals surface area (Å²) in [7, 11) is 0. The van der Waals surface area contributed by atoms with Crippen molar-refractivity contribution < 1.29 is 0 Å². The van der Waals surface area contributed by atoms with Crippen LogP contribution in [0.4, 0.5) is 0 Å². The van der Waals surface area contributed by atoms with Crippen LogP contribution >= 0.6 is 11.8 Å². The normalized spacial score (nSPS) is 30.5. The lowest BCUT2D eigenvalue weighted by Gasteiger charge is -2.28. The van der Waals surface area contributed by atoms with Crippen molar-refractivity contribution in [2.75, 3.05) is 12.3 Å². The lowest BCUT2D eigenvalue weighted by atomic mass is 9.94. The second-order valence-electron chi connectivity index (χ2n) is 3.75. The Morgan fingerprint density at radius 2 is 2.25 bits per heavy atom. The van der Waals surface area contributed by atoms with Crippen LogP contribution in [-0.4, -0.2) is 17.5 Å². The first kappa shape index (κ1) is 10.4. The molecule has 0 aromatic heterocycles. The highest BCUT2D eigenvalue weighted by molar-refractivity contribution is 7.99. The van der Waals surface area contributed by atoms with Gasteiger partial charge in [0.1, 0.15) is 0 Å². The largest absolute Gasteiger partial charge is 0.330 e. The van der Waals surface area contributed by atoms with Crippen LogP contribution in [0.1, 0.15) is 39.0 Å². The summed E-state index contributed by atoms with van der Waals surface area (Å²) in [6.07, 6.45) is 6.88. The van der Waals surface area contributed by atoms with Gasteiger partial charge in [-0.3, -0.25) is 0 Å². The maximum Gasteiger partial charge on any atom is 0.00616 e. The Hall–Kier alpha value is 0.310. The molecule has 1 heterocycles. The highest BCUT2D eigenvalue weighted by Crippen LogP contribution is 2.33. The van der Waals surface area contributed by atoms with Crippen molar-refractivity contribution in [3.8, 4) is 0 Å². The van der Waals surface area contributed by atoms with Crippen LogP contribution in [0.2, 0.25) is 0 Å². The smallest absolute Gasteiger partial charge is 0.00616 e. The van der Waals surface area contributed by atoms with Crippen LogP contribution in [0.15, 0.2) is 0 Å². The topological polar surface area (TPSA) is 26.0 Å². The summed E-state index contributed by atoms with van der Waals surface area (Å²) in [5.74, 6) is 2.38. The van der Waals surface area contributed by atoms with Crippen molar-refractivity contribution in [2.24, 2.45) is 11.7 Å². The summed E-state index contributed by atoms with van der Waals surface area (Å²) in [4.78, 5) is 0. The van der Waals surface area contributed by atoms with Crippen LogP contribution in [-0.2, 0) is 0 Å². The predicted molar refractivity (Wildman–Crippen MR) is 57.5 cm³/mol. The number of hydrogen-bond donors (Lipinski definition) is 1. The first-order valence-electron chi connectivity index (χ1n) is 5.18. The Kier molecular flexibility index (Phi) is 5.08. The van der Waals surface area contributed by atoms with Gasteiger partial charge < -0.3 is 5.73 Å². The van der Waals surface area contributed by atoms with E-state index in [-0.39, 0.29) is 0 Å². The molecule has 2 atom stereocenters. The molecule has 0 aromatic rings. The fraction of sp³-hybridized carbons (Fsp3) is 1.00. The first-order chi connectivity index (χ1) is 5.86. The summed E-state index contributed by atoms with van der Waals surface area (Å²) < 4.78 is 0. The monoisotopic (exact) mass is 187 g/mol. The minimum Gasteiger partial charge on any atom is -0.330 e. The summed E-state index contributed by atoms with van der Waals surface area (Å²) in [6, 6.07) is 0. The van der Waals surface area contributed by atoms with Crippen molar-refractivity contribution in [3.05, 3.63) is 0 Å². The molecular weight excluding hydrogens is 166 g/mol. The molecule has 1 nitrogen and oxygen atoms in total. The molecule has 0 amide bonds. The molecule has 1 fully saturated rings. The van der Waals surface area contributed by atoms with Gasteiger partial charge in [-0.25, -0.2) is 0 Å². The molecule has 2 unspecified atom stereocenters. The summed E-state index contributed by atoms with van der Waals surface area (Å²) in [5, 5.41) is 0.875. The van der Waals surface area contributed by atoms with Gasteiger partial charge in [0.15, 0.2) is 0 Å². The Bertz CT molecular complexity index is 100. The Morgan fingerprint density at radius 3 is 2.92 bits per heavy atom. The molecule has 1 rings (SSSR count). The van der Waals surface area contributed by atoms with Gasteiger partial charge in [-0.1, -0.05) is 19.8 Å². The zero-order valence-corrected chi connectivity index (χ0v) is 8.91. The molecule has 0 aromatic carbocycles. The minimum atomic E-state index is 0.872. The Labute approximate surface area is 80.5 Å². The van der Waals surface area contributed by atoms with E-state index in [4.69, 9.17) is 5.73 Å². The second-order valence-corrected chi connectivity index (χ2v) is 5.16. The third kappa shape index (κ3) is 3.36. The van der Waals surface area contributed by atoms with Gasteiger partial charge in [0.25, 0.3) is 0 Å². The van der Waals surface area contributed by atoms with E-state index in [1.807, 2.05) is 0 Å². The van der Waals surface area contributed by atoms with Crippen molar-refractivity contribution in [2.45, 2.75) is 44.3 Å². The van der Waals surface area contributed by atoms with Gasteiger partial charge in [0.2, 0.25) is 0 Å². The molecule has 2 N–H and O–H groups in total. The fourth-order valence-corrected chi connectivity index (χ4v) is 3.53. The maximum absolute atomic E-state index is 5.57. The lowest BCUT2D eigenvalue weighted by molar-refractivity contribution is 0.411. The van der Waals surface area contributed by atoms with E-state index in [0.717, 1.165) is 17.7 Å². The van der Waals surface area contributed by atoms with E-state index >= 15 is 0 Å². The second kappa shape index (κ2) is 5.87. The van der Waals surface area contributed by atoms with Crippen molar-refractivity contribution >= 4 is 11.8 Å². The Morgan fingerprint density at radius 1 is 1.42 bits per heavy atom. The SMILES string of the molecule is CCCC1CCSC(CCN)C1. The molecule has 1 aliphatic rings. The van der Waals surface area contributed by atoms with E-state index in [1.165, 1.54) is 37.9 Å². The fourth-order valence-electron chi connectivity index (χ4n) is 2.02. The van der Waals surface area contributed by atoms with Crippen LogP contribution in [0, 0.1) is 5.92 Å². The van der Waals surface area contributed by atoms with E-state index in [2.05, 4.69) is 18.7 Å². The highest BCUT2D eigenvalue weighted by Gasteiger charge is 2.20. The van der Waals surface area contributed by atoms with E-state index < -0.39 is 0 Å². The molecule has 2 heteroatoms. The van der Waals surface area contributed by atoms with Crippen LogP contribution in [0.25, 0.3) is 0 Å². The molecule has 0 bridgehead atoms. The zero-order valence-electron chi connectivity index (χ0n) is 8.09. The molecule has 1 saturated heterocycles. The molecule has 0 spiro atoms. The van der Waals surface area contributed by atoms with Crippen molar-refractivity contribution in [1.29, 1.82) is 0 Å². The molecule has 1 aliphatic heterocycles. The van der Waals surface area contributed by atoms with E-state index in [1.54, 1.807) is 0 Å². The third-order valence-electron chi connectivity index (χ3n) is 2.66. The summed E-state index contributed by atoms with van der Waals surface area (Å²) >= 11 is 2.14. The summed E-state index contributed by atoms with van der Waals surface area (Å²) in [6.45, 7) is 3.16. The third-order valence-corrected chi connectivity index (χ3v) is 4.03. The van der Waals surface area contributed by atoms with Gasteiger partial charge >= 0.3 is 0 Å².